The molecule has 1 aromatic carbocycles. The molecule has 1 saturated carbocycles. The summed E-state index contributed by atoms with van der Waals surface area (Å²) in [4.78, 5) is 42.7. The van der Waals surface area contributed by atoms with Gasteiger partial charge in [-0.3, -0.25) is 14.4 Å². The largest absolute Gasteiger partial charge is 0.331 e. The number of nitrogens with one attached hydrogen (secondary N) is 2. The second-order valence-electron chi connectivity index (χ2n) is 5.96. The maximum atomic E-state index is 12.9. The summed E-state index contributed by atoms with van der Waals surface area (Å²) in [6.07, 6.45) is 2.04. The van der Waals surface area contributed by atoms with Crippen molar-refractivity contribution in [2.24, 2.45) is 0 Å². The van der Waals surface area contributed by atoms with Crippen LogP contribution in [0.5, 0.6) is 0 Å². The zero-order chi connectivity index (χ0) is 16.7. The maximum absolute atomic E-state index is 12.9. The van der Waals surface area contributed by atoms with Gasteiger partial charge in [0.1, 0.15) is 0 Å². The molecule has 0 spiro atoms. The van der Waals surface area contributed by atoms with E-state index in [1.807, 2.05) is 21.7 Å². The number of aromatic amines is 2. The normalized spacial score (nSPS) is 14.0. The lowest BCUT2D eigenvalue weighted by molar-refractivity contribution is 0.0730. The van der Waals surface area contributed by atoms with Crippen LogP contribution in [-0.2, 0) is 6.54 Å². The first kappa shape index (κ1) is 14.9. The lowest BCUT2D eigenvalue weighted by atomic mass is 10.1. The number of aromatic nitrogens is 2. The molecule has 6 nitrogen and oxygen atoms in total. The molecule has 0 unspecified atom stereocenters. The maximum Gasteiger partial charge on any atom is 0.314 e. The van der Waals surface area contributed by atoms with Crippen molar-refractivity contribution < 1.29 is 4.79 Å². The van der Waals surface area contributed by atoms with E-state index in [2.05, 4.69) is 9.97 Å². The van der Waals surface area contributed by atoms with Crippen molar-refractivity contribution in [1.29, 1.82) is 0 Å². The minimum absolute atomic E-state index is 0.0577. The molecule has 1 aliphatic rings. The fourth-order valence-electron chi connectivity index (χ4n) is 2.75. The van der Waals surface area contributed by atoms with Gasteiger partial charge < -0.3 is 14.9 Å². The Morgan fingerprint density at radius 2 is 1.88 bits per heavy atom. The van der Waals surface area contributed by atoms with Crippen molar-refractivity contribution in [2.75, 3.05) is 0 Å². The molecular formula is C17H15N3O3S. The SMILES string of the molecule is O=C(c1ccc2[nH]c(=O)c(=O)[nH]c2c1)N(Cc1ccsc1)C1CC1. The second-order valence-corrected chi connectivity index (χ2v) is 6.74. The van der Waals surface area contributed by atoms with Crippen LogP contribution >= 0.6 is 11.3 Å². The van der Waals surface area contributed by atoms with Crippen LogP contribution < -0.4 is 11.1 Å². The molecule has 7 heteroatoms. The van der Waals surface area contributed by atoms with Gasteiger partial charge in [0.15, 0.2) is 0 Å². The van der Waals surface area contributed by atoms with E-state index in [9.17, 15) is 14.4 Å². The first-order chi connectivity index (χ1) is 11.6. The number of fused-ring (bicyclic) bond motifs is 1. The van der Waals surface area contributed by atoms with Gasteiger partial charge in [0.05, 0.1) is 11.0 Å². The number of carbonyl (C=O) groups is 1. The van der Waals surface area contributed by atoms with E-state index in [1.54, 1.807) is 29.5 Å². The van der Waals surface area contributed by atoms with Gasteiger partial charge in [-0.1, -0.05) is 0 Å². The van der Waals surface area contributed by atoms with Crippen molar-refractivity contribution in [3.63, 3.8) is 0 Å². The highest BCUT2D eigenvalue weighted by atomic mass is 32.1. The summed E-state index contributed by atoms with van der Waals surface area (Å²) in [6, 6.07) is 7.26. The third-order valence-corrected chi connectivity index (χ3v) is 4.88. The summed E-state index contributed by atoms with van der Waals surface area (Å²) in [6.45, 7) is 0.590. The van der Waals surface area contributed by atoms with Gasteiger partial charge in [0, 0.05) is 18.2 Å². The van der Waals surface area contributed by atoms with E-state index >= 15 is 0 Å². The average molecular weight is 341 g/mol. The second kappa shape index (κ2) is 5.76. The Balaban J connectivity index is 1.69. The molecule has 0 radical (unpaired) electrons. The van der Waals surface area contributed by atoms with Crippen LogP contribution in [0.1, 0.15) is 28.8 Å². The van der Waals surface area contributed by atoms with Crippen molar-refractivity contribution in [3.05, 3.63) is 66.9 Å². The van der Waals surface area contributed by atoms with E-state index in [0.29, 0.717) is 23.1 Å². The lowest BCUT2D eigenvalue weighted by Gasteiger charge is -2.22. The summed E-state index contributed by atoms with van der Waals surface area (Å²) in [5.41, 5.74) is 1.18. The summed E-state index contributed by atoms with van der Waals surface area (Å²) in [5, 5.41) is 4.05. The predicted octanol–water partition coefficient (Wildman–Crippen LogP) is 2.08. The van der Waals surface area contributed by atoms with Gasteiger partial charge in [-0.2, -0.15) is 11.3 Å². The van der Waals surface area contributed by atoms with E-state index in [1.165, 1.54) is 0 Å². The van der Waals surface area contributed by atoms with Crippen LogP contribution in [0.4, 0.5) is 0 Å². The van der Waals surface area contributed by atoms with E-state index in [0.717, 1.165) is 18.4 Å². The van der Waals surface area contributed by atoms with Gasteiger partial charge in [0.2, 0.25) is 0 Å². The molecule has 0 atom stereocenters. The molecule has 0 bridgehead atoms. The number of hydrogen-bond acceptors (Lipinski definition) is 4. The van der Waals surface area contributed by atoms with Gasteiger partial charge in [-0.15, -0.1) is 0 Å². The number of carbonyl (C=O) groups excluding carboxylic acids is 1. The molecule has 2 heterocycles. The van der Waals surface area contributed by atoms with E-state index < -0.39 is 11.1 Å². The molecule has 1 amide bonds. The number of rotatable bonds is 4. The highest BCUT2D eigenvalue weighted by molar-refractivity contribution is 7.07. The number of hydrogen-bond donors (Lipinski definition) is 2. The first-order valence-corrected chi connectivity index (χ1v) is 8.64. The molecule has 1 fully saturated rings. The highest BCUT2D eigenvalue weighted by Crippen LogP contribution is 2.30. The minimum atomic E-state index is -0.718. The van der Waals surface area contributed by atoms with Crippen LogP contribution in [0.2, 0.25) is 0 Å². The molecule has 2 N–H and O–H groups in total. The van der Waals surface area contributed by atoms with E-state index in [-0.39, 0.29) is 11.9 Å². The van der Waals surface area contributed by atoms with Gasteiger partial charge in [-0.25, -0.2) is 0 Å². The molecule has 24 heavy (non-hydrogen) atoms. The Kier molecular flexibility index (Phi) is 3.57. The number of benzene rings is 1. The summed E-state index contributed by atoms with van der Waals surface area (Å²) in [5.74, 6) is -0.0577. The summed E-state index contributed by atoms with van der Waals surface area (Å²) in [7, 11) is 0. The molecule has 4 rings (SSSR count). The number of H-pyrrole nitrogens is 2. The number of amides is 1. The van der Waals surface area contributed by atoms with Crippen LogP contribution in [0.15, 0.2) is 44.6 Å². The Morgan fingerprint density at radius 1 is 1.12 bits per heavy atom. The Bertz CT molecular complexity index is 1020. The van der Waals surface area contributed by atoms with Crippen LogP contribution in [0, 0.1) is 0 Å². The molecule has 0 saturated heterocycles. The Morgan fingerprint density at radius 3 is 2.54 bits per heavy atom. The fraction of sp³-hybridized carbons (Fsp3) is 0.235. The van der Waals surface area contributed by atoms with Crippen LogP contribution in [0.25, 0.3) is 11.0 Å². The third-order valence-electron chi connectivity index (χ3n) is 4.15. The monoisotopic (exact) mass is 341 g/mol. The van der Waals surface area contributed by atoms with Crippen molar-refractivity contribution in [1.82, 2.24) is 14.9 Å². The minimum Gasteiger partial charge on any atom is -0.331 e. The first-order valence-electron chi connectivity index (χ1n) is 7.70. The Labute approximate surface area is 140 Å². The van der Waals surface area contributed by atoms with Crippen molar-refractivity contribution in [2.45, 2.75) is 25.4 Å². The summed E-state index contributed by atoms with van der Waals surface area (Å²) < 4.78 is 0. The molecule has 3 aromatic rings. The van der Waals surface area contributed by atoms with Crippen molar-refractivity contribution in [3.8, 4) is 0 Å². The smallest absolute Gasteiger partial charge is 0.314 e. The van der Waals surface area contributed by atoms with Gasteiger partial charge >= 0.3 is 11.1 Å². The number of nitrogens with zero attached hydrogens (tertiary/aromatic N) is 1. The molecule has 2 aromatic heterocycles. The third kappa shape index (κ3) is 2.78. The number of thiophene rings is 1. The molecule has 0 aliphatic heterocycles. The van der Waals surface area contributed by atoms with Crippen molar-refractivity contribution >= 4 is 28.3 Å². The van der Waals surface area contributed by atoms with Gasteiger partial charge in [-0.05, 0) is 53.4 Å². The molecule has 122 valence electrons. The van der Waals surface area contributed by atoms with Crippen LogP contribution in [-0.4, -0.2) is 26.8 Å². The topological polar surface area (TPSA) is 86.0 Å². The quantitative estimate of drug-likeness (QED) is 0.713. The standard InChI is InChI=1S/C17H15N3O3S/c21-15-16(22)19-14-7-11(1-4-13(14)18-15)17(23)20(12-2-3-12)8-10-5-6-24-9-10/h1,4-7,9,12H,2-3,8H2,(H,18,21)(H,19,22). The zero-order valence-electron chi connectivity index (χ0n) is 12.7. The lowest BCUT2D eigenvalue weighted by Crippen LogP contribution is -2.32. The predicted molar refractivity (Wildman–Crippen MR) is 92.4 cm³/mol. The fourth-order valence-corrected chi connectivity index (χ4v) is 3.41. The Hall–Kier alpha value is -2.67. The highest BCUT2D eigenvalue weighted by Gasteiger charge is 2.33. The zero-order valence-corrected chi connectivity index (χ0v) is 13.6. The average Bonchev–Trinajstić information content (AvgIpc) is 3.29. The molecule has 1 aliphatic carbocycles. The molecular weight excluding hydrogens is 326 g/mol. The van der Waals surface area contributed by atoms with Crippen LogP contribution in [0.3, 0.4) is 0 Å². The van der Waals surface area contributed by atoms with E-state index in [4.69, 9.17) is 0 Å². The van der Waals surface area contributed by atoms with Gasteiger partial charge in [0.25, 0.3) is 5.91 Å². The summed E-state index contributed by atoms with van der Waals surface area (Å²) >= 11 is 1.61.